The third kappa shape index (κ3) is 5.23. The van der Waals surface area contributed by atoms with Crippen molar-refractivity contribution in [2.45, 2.75) is 70.0 Å². The molecule has 0 aliphatic heterocycles. The summed E-state index contributed by atoms with van der Waals surface area (Å²) in [6, 6.07) is 5.16. The maximum absolute atomic E-state index is 13.0. The third-order valence-electron chi connectivity index (χ3n) is 5.22. The van der Waals surface area contributed by atoms with Crippen LogP contribution in [0.25, 0.3) is 0 Å². The maximum atomic E-state index is 13.0. The molecule has 7 heteroatoms. The van der Waals surface area contributed by atoms with Crippen LogP contribution in [-0.4, -0.2) is 23.9 Å². The molecule has 150 valence electrons. The molecule has 27 heavy (non-hydrogen) atoms. The second-order valence-electron chi connectivity index (χ2n) is 7.97. The summed E-state index contributed by atoms with van der Waals surface area (Å²) in [5, 5.41) is 5.66. The molecular formula is C20H27F3N2O2. The van der Waals surface area contributed by atoms with E-state index in [-0.39, 0.29) is 18.4 Å². The van der Waals surface area contributed by atoms with E-state index < -0.39 is 22.7 Å². The first-order chi connectivity index (χ1) is 12.5. The molecule has 0 aromatic heterocycles. The van der Waals surface area contributed by atoms with E-state index in [1.807, 2.05) is 0 Å². The topological polar surface area (TPSA) is 58.2 Å². The van der Waals surface area contributed by atoms with E-state index in [9.17, 15) is 22.8 Å². The zero-order valence-electron chi connectivity index (χ0n) is 16.0. The van der Waals surface area contributed by atoms with Crippen molar-refractivity contribution in [3.63, 3.8) is 0 Å². The normalized spacial score (nSPS) is 17.3. The second-order valence-corrected chi connectivity index (χ2v) is 7.97. The van der Waals surface area contributed by atoms with Gasteiger partial charge in [0.05, 0.1) is 5.56 Å². The Morgan fingerprint density at radius 1 is 1.07 bits per heavy atom. The van der Waals surface area contributed by atoms with Gasteiger partial charge in [0, 0.05) is 18.9 Å². The molecule has 1 aliphatic rings. The largest absolute Gasteiger partial charge is 0.416 e. The number of rotatable bonds is 5. The van der Waals surface area contributed by atoms with Gasteiger partial charge < -0.3 is 10.6 Å². The molecule has 1 fully saturated rings. The highest BCUT2D eigenvalue weighted by molar-refractivity contribution is 5.91. The summed E-state index contributed by atoms with van der Waals surface area (Å²) >= 11 is 0. The Morgan fingerprint density at radius 2 is 1.67 bits per heavy atom. The van der Waals surface area contributed by atoms with Crippen LogP contribution in [0, 0.1) is 0 Å². The maximum Gasteiger partial charge on any atom is 0.416 e. The minimum atomic E-state index is -4.41. The lowest BCUT2D eigenvalue weighted by Gasteiger charge is -2.37. The van der Waals surface area contributed by atoms with Crippen molar-refractivity contribution in [2.75, 3.05) is 6.54 Å². The van der Waals surface area contributed by atoms with Gasteiger partial charge in [0.25, 0.3) is 0 Å². The lowest BCUT2D eigenvalue weighted by Crippen LogP contribution is -2.60. The summed E-state index contributed by atoms with van der Waals surface area (Å²) in [7, 11) is 0. The van der Waals surface area contributed by atoms with Crippen molar-refractivity contribution < 1.29 is 22.8 Å². The fraction of sp³-hybridized carbons (Fsp3) is 0.600. The van der Waals surface area contributed by atoms with E-state index in [4.69, 9.17) is 0 Å². The van der Waals surface area contributed by atoms with Crippen LogP contribution < -0.4 is 10.6 Å². The number of hydrogen-bond donors (Lipinski definition) is 2. The van der Waals surface area contributed by atoms with Crippen LogP contribution in [0.15, 0.2) is 24.3 Å². The van der Waals surface area contributed by atoms with E-state index in [1.54, 1.807) is 19.9 Å². The molecule has 2 N–H and O–H groups in total. The van der Waals surface area contributed by atoms with Gasteiger partial charge in [-0.15, -0.1) is 0 Å². The molecule has 1 aromatic rings. The van der Waals surface area contributed by atoms with E-state index in [2.05, 4.69) is 10.6 Å². The Hall–Kier alpha value is -2.05. The Morgan fingerprint density at radius 3 is 2.22 bits per heavy atom. The molecule has 0 radical (unpaired) electrons. The van der Waals surface area contributed by atoms with Gasteiger partial charge in [-0.05, 0) is 24.5 Å². The quantitative estimate of drug-likeness (QED) is 0.808. The third-order valence-corrected chi connectivity index (χ3v) is 5.22. The first-order valence-corrected chi connectivity index (χ1v) is 9.21. The van der Waals surface area contributed by atoms with Crippen LogP contribution in [0.5, 0.6) is 0 Å². The van der Waals surface area contributed by atoms with E-state index >= 15 is 0 Å². The standard InChI is InChI=1S/C20H27F3N2O2/c1-14(26)25-19(10-5-4-6-11-19)17(27)24-13-18(2,3)15-8-7-9-16(12-15)20(21,22)23/h7-9,12H,4-6,10-11,13H2,1-3H3,(H,24,27)(H,25,26). The van der Waals surface area contributed by atoms with Crippen LogP contribution in [0.4, 0.5) is 13.2 Å². The van der Waals surface area contributed by atoms with Gasteiger partial charge in [-0.25, -0.2) is 0 Å². The van der Waals surface area contributed by atoms with E-state index in [0.717, 1.165) is 31.4 Å². The summed E-state index contributed by atoms with van der Waals surface area (Å²) in [5.74, 6) is -0.526. The number of benzene rings is 1. The molecule has 1 aliphatic carbocycles. The molecule has 1 saturated carbocycles. The van der Waals surface area contributed by atoms with Crippen LogP contribution in [0.3, 0.4) is 0 Å². The lowest BCUT2D eigenvalue weighted by molar-refractivity contribution is -0.137. The Labute approximate surface area is 157 Å². The molecule has 0 spiro atoms. The predicted molar refractivity (Wildman–Crippen MR) is 97.1 cm³/mol. The average Bonchev–Trinajstić information content (AvgIpc) is 2.59. The molecule has 1 aromatic carbocycles. The van der Waals surface area contributed by atoms with Gasteiger partial charge in [0.1, 0.15) is 5.54 Å². The molecule has 2 amide bonds. The highest BCUT2D eigenvalue weighted by Gasteiger charge is 2.41. The minimum absolute atomic E-state index is 0.175. The first kappa shape index (κ1) is 21.3. The van der Waals surface area contributed by atoms with Gasteiger partial charge in [-0.2, -0.15) is 13.2 Å². The predicted octanol–water partition coefficient (Wildman–Crippen LogP) is 3.94. The number of carbonyl (C=O) groups is 2. The summed E-state index contributed by atoms with van der Waals surface area (Å²) in [6.45, 7) is 5.13. The molecular weight excluding hydrogens is 357 g/mol. The van der Waals surface area contributed by atoms with Gasteiger partial charge in [0.2, 0.25) is 11.8 Å². The lowest BCUT2D eigenvalue weighted by atomic mass is 9.79. The molecule has 0 unspecified atom stereocenters. The van der Waals surface area contributed by atoms with Crippen molar-refractivity contribution >= 4 is 11.8 Å². The number of hydrogen-bond acceptors (Lipinski definition) is 2. The van der Waals surface area contributed by atoms with E-state index in [1.165, 1.54) is 13.0 Å². The monoisotopic (exact) mass is 384 g/mol. The van der Waals surface area contributed by atoms with Gasteiger partial charge in [-0.3, -0.25) is 9.59 Å². The Kier molecular flexibility index (Phi) is 6.22. The van der Waals surface area contributed by atoms with Crippen LogP contribution >= 0.6 is 0 Å². The van der Waals surface area contributed by atoms with Crippen molar-refractivity contribution in [2.24, 2.45) is 0 Å². The number of halogens is 3. The molecule has 0 bridgehead atoms. The highest BCUT2D eigenvalue weighted by atomic mass is 19.4. The molecule has 0 atom stereocenters. The fourth-order valence-electron chi connectivity index (χ4n) is 3.59. The molecule has 0 heterocycles. The highest BCUT2D eigenvalue weighted by Crippen LogP contribution is 2.33. The average molecular weight is 384 g/mol. The second kappa shape index (κ2) is 7.90. The SMILES string of the molecule is CC(=O)NC1(C(=O)NCC(C)(C)c2cccc(C(F)(F)F)c2)CCCCC1. The smallest absolute Gasteiger partial charge is 0.353 e. The number of nitrogens with one attached hydrogen (secondary N) is 2. The van der Waals surface area contributed by atoms with Crippen molar-refractivity contribution in [1.29, 1.82) is 0 Å². The van der Waals surface area contributed by atoms with Crippen LogP contribution in [-0.2, 0) is 21.2 Å². The summed E-state index contributed by atoms with van der Waals surface area (Å²) in [6.07, 6.45) is -0.544. The Balaban J connectivity index is 2.13. The molecule has 2 rings (SSSR count). The first-order valence-electron chi connectivity index (χ1n) is 9.21. The van der Waals surface area contributed by atoms with Gasteiger partial charge in [0.15, 0.2) is 0 Å². The van der Waals surface area contributed by atoms with Gasteiger partial charge >= 0.3 is 6.18 Å². The number of carbonyl (C=O) groups excluding carboxylic acids is 2. The van der Waals surface area contributed by atoms with Gasteiger partial charge in [-0.1, -0.05) is 51.3 Å². The number of alkyl halides is 3. The summed E-state index contributed by atoms with van der Waals surface area (Å²) < 4.78 is 38.9. The van der Waals surface area contributed by atoms with Crippen LogP contribution in [0.2, 0.25) is 0 Å². The molecule has 0 saturated heterocycles. The van der Waals surface area contributed by atoms with E-state index in [0.29, 0.717) is 18.4 Å². The summed E-state index contributed by atoms with van der Waals surface area (Å²) in [4.78, 5) is 24.4. The zero-order chi connectivity index (χ0) is 20.3. The molecule has 4 nitrogen and oxygen atoms in total. The Bertz CT molecular complexity index is 693. The minimum Gasteiger partial charge on any atom is -0.353 e. The van der Waals surface area contributed by atoms with Crippen molar-refractivity contribution in [1.82, 2.24) is 10.6 Å². The fourth-order valence-corrected chi connectivity index (χ4v) is 3.59. The number of amides is 2. The summed E-state index contributed by atoms with van der Waals surface area (Å²) in [5.41, 5.74) is -1.83. The zero-order valence-corrected chi connectivity index (χ0v) is 16.0. The van der Waals surface area contributed by atoms with Crippen molar-refractivity contribution in [3.05, 3.63) is 35.4 Å². The van der Waals surface area contributed by atoms with Crippen molar-refractivity contribution in [3.8, 4) is 0 Å². The van der Waals surface area contributed by atoms with Crippen LogP contribution in [0.1, 0.15) is 64.0 Å².